The third kappa shape index (κ3) is 2.86. The fraction of sp³-hybridized carbons (Fsp3) is 0. The van der Waals surface area contributed by atoms with E-state index in [0.717, 1.165) is 0 Å². The van der Waals surface area contributed by atoms with Gasteiger partial charge in [-0.1, -0.05) is 23.3 Å². The van der Waals surface area contributed by atoms with Crippen molar-refractivity contribution in [2.75, 3.05) is 0 Å². The van der Waals surface area contributed by atoms with Gasteiger partial charge in [-0.05, 0) is 0 Å². The number of nitro groups is 2. The van der Waals surface area contributed by atoms with E-state index in [-0.39, 0.29) is 12.1 Å². The smallest absolute Gasteiger partial charge is 0.187 e. The average Bonchev–Trinajstić information content (AvgIpc) is 2.45. The van der Waals surface area contributed by atoms with Crippen LogP contribution >= 0.6 is 0 Å². The number of hydrogen-bond donors (Lipinski definition) is 0. The van der Waals surface area contributed by atoms with Gasteiger partial charge in [-0.2, -0.15) is 12.2 Å². The van der Waals surface area contributed by atoms with E-state index in [1.807, 2.05) is 0 Å². The van der Waals surface area contributed by atoms with Crippen molar-refractivity contribution in [1.82, 2.24) is 0 Å². The number of rotatable bonds is 3. The Kier molecular flexibility index (Phi) is 3.85. The maximum atomic E-state index is 10.9. The van der Waals surface area contributed by atoms with Crippen molar-refractivity contribution >= 4 is 0 Å². The summed E-state index contributed by atoms with van der Waals surface area (Å²) in [7, 11) is 0. The van der Waals surface area contributed by atoms with Crippen LogP contribution in [0.2, 0.25) is 0 Å². The molecule has 0 amide bonds. The zero-order valence-corrected chi connectivity index (χ0v) is 10.3. The first-order valence-electron chi connectivity index (χ1n) is 5.74. The van der Waals surface area contributed by atoms with Crippen molar-refractivity contribution in [3.05, 3.63) is 104 Å². The third-order valence-corrected chi connectivity index (χ3v) is 2.71. The normalized spacial score (nSPS) is 21.0. The van der Waals surface area contributed by atoms with Crippen LogP contribution in [0.3, 0.4) is 0 Å². The van der Waals surface area contributed by atoms with E-state index >= 15 is 0 Å². The second-order valence-corrected chi connectivity index (χ2v) is 3.97. The molecule has 0 saturated heterocycles. The molecule has 6 nitrogen and oxygen atoms in total. The van der Waals surface area contributed by atoms with Gasteiger partial charge in [0, 0.05) is 9.85 Å². The molecule has 0 saturated carbocycles. The lowest BCUT2D eigenvalue weighted by Gasteiger charge is -2.18. The fourth-order valence-corrected chi connectivity index (χ4v) is 1.77. The minimum absolute atomic E-state index is 0.0395. The first kappa shape index (κ1) is 13.4. The van der Waals surface area contributed by atoms with Crippen molar-refractivity contribution < 1.29 is 9.85 Å². The zero-order chi connectivity index (χ0) is 14.5. The largest absolute Gasteiger partial charge is 0.267 e. The van der Waals surface area contributed by atoms with Crippen LogP contribution in [-0.4, -0.2) is 9.85 Å². The second-order valence-electron chi connectivity index (χ2n) is 3.97. The molecule has 0 atom stereocenters. The molecule has 0 spiro atoms. The summed E-state index contributed by atoms with van der Waals surface area (Å²) in [5.41, 5.74) is 0.798. The lowest BCUT2D eigenvalue weighted by molar-refractivity contribution is -0.450. The highest BCUT2D eigenvalue weighted by Gasteiger charge is 2.16. The van der Waals surface area contributed by atoms with E-state index in [9.17, 15) is 20.2 Å². The molecule has 0 heterocycles. The van der Waals surface area contributed by atoms with Gasteiger partial charge in [-0.15, -0.1) is 36.5 Å². The highest BCUT2D eigenvalue weighted by Crippen LogP contribution is 2.25. The monoisotopic (exact) mass is 270 g/mol. The highest BCUT2D eigenvalue weighted by atomic mass is 16.6. The zero-order valence-electron chi connectivity index (χ0n) is 10.3. The van der Waals surface area contributed by atoms with E-state index in [4.69, 9.17) is 0 Å². The van der Waals surface area contributed by atoms with Gasteiger partial charge in [0.05, 0.1) is 0 Å². The number of hydrogen-bond acceptors (Lipinski definition) is 4. The van der Waals surface area contributed by atoms with Crippen LogP contribution in [0.5, 0.6) is 0 Å². The Morgan fingerprint density at radius 1 is 0.800 bits per heavy atom. The molecule has 102 valence electrons. The van der Waals surface area contributed by atoms with Gasteiger partial charge in [0.15, 0.2) is 12.1 Å². The quantitative estimate of drug-likeness (QED) is 0.448. The Labute approximate surface area is 115 Å². The molecule has 0 aromatic rings. The minimum atomic E-state index is -0.487. The van der Waals surface area contributed by atoms with Crippen molar-refractivity contribution in [1.29, 1.82) is 0 Å². The Morgan fingerprint density at radius 3 is 1.55 bits per heavy atom. The Bertz CT molecular complexity index is 555. The van der Waals surface area contributed by atoms with Crippen LogP contribution in [0.1, 0.15) is 0 Å². The highest BCUT2D eigenvalue weighted by molar-refractivity contribution is 5.49. The molecule has 0 unspecified atom stereocenters. The van der Waals surface area contributed by atoms with Crippen LogP contribution in [0.4, 0.5) is 0 Å². The van der Waals surface area contributed by atoms with E-state index in [2.05, 4.69) is 0 Å². The summed E-state index contributed by atoms with van der Waals surface area (Å²) >= 11 is 0. The lowest BCUT2D eigenvalue weighted by atomic mass is 9.98. The van der Waals surface area contributed by atoms with E-state index in [1.54, 1.807) is 36.5 Å². The standard InChI is InChI=1S/C14H10N2O4/c17-15(18)13-7-3-1-5-11(13)9-10-12-6-2-4-8-14(12)16(19)20/h1-10H/q-2/b11-9+,12-10+. The maximum absolute atomic E-state index is 10.9. The predicted octanol–water partition coefficient (Wildman–Crippen LogP) is 2.71. The first-order valence-corrected chi connectivity index (χ1v) is 5.74. The summed E-state index contributed by atoms with van der Waals surface area (Å²) in [6, 6.07) is -0.0790. The first-order chi connectivity index (χ1) is 9.59. The molecule has 0 fully saturated rings. The molecule has 2 rings (SSSR count). The molecular formula is C14H10N2O4-2. The van der Waals surface area contributed by atoms with Gasteiger partial charge in [0.25, 0.3) is 0 Å². The predicted molar refractivity (Wildman–Crippen MR) is 73.2 cm³/mol. The molecule has 6 heteroatoms. The van der Waals surface area contributed by atoms with Crippen LogP contribution in [-0.2, 0) is 0 Å². The van der Waals surface area contributed by atoms with E-state index in [0.29, 0.717) is 11.1 Å². The summed E-state index contributed by atoms with van der Waals surface area (Å²) in [5.74, 6) is 0. The molecule has 0 aliphatic heterocycles. The molecular weight excluding hydrogens is 260 g/mol. The molecule has 2 aliphatic carbocycles. The second kappa shape index (κ2) is 5.75. The van der Waals surface area contributed by atoms with Gasteiger partial charge < -0.3 is 0 Å². The lowest BCUT2D eigenvalue weighted by Crippen LogP contribution is -2.12. The Morgan fingerprint density at radius 2 is 1.20 bits per heavy atom. The van der Waals surface area contributed by atoms with E-state index in [1.165, 1.54) is 24.3 Å². The minimum Gasteiger partial charge on any atom is -0.267 e. The molecule has 0 N–H and O–H groups in total. The van der Waals surface area contributed by atoms with Crippen LogP contribution in [0.15, 0.2) is 71.9 Å². The van der Waals surface area contributed by atoms with Gasteiger partial charge in [0.2, 0.25) is 0 Å². The van der Waals surface area contributed by atoms with Gasteiger partial charge in [-0.3, -0.25) is 20.2 Å². The molecule has 0 radical (unpaired) electrons. The summed E-state index contributed by atoms with van der Waals surface area (Å²) in [4.78, 5) is 20.8. The van der Waals surface area contributed by atoms with Crippen LogP contribution in [0.25, 0.3) is 0 Å². The van der Waals surface area contributed by atoms with Crippen molar-refractivity contribution in [3.63, 3.8) is 0 Å². The SMILES string of the molecule is O=[N+]([O-])[C-]1C=CC=C/C1=C\C=C1/C=CC=C[C-]1[N+](=O)[O-]. The number of nitrogens with zero attached hydrogens (tertiary/aromatic N) is 2. The topological polar surface area (TPSA) is 86.3 Å². The number of allylic oxidation sites excluding steroid dienone is 6. The van der Waals surface area contributed by atoms with Crippen molar-refractivity contribution in [2.45, 2.75) is 0 Å². The molecule has 0 aromatic heterocycles. The van der Waals surface area contributed by atoms with Crippen LogP contribution < -0.4 is 0 Å². The Hall–Kier alpha value is -3.02. The van der Waals surface area contributed by atoms with Crippen molar-refractivity contribution in [3.8, 4) is 0 Å². The average molecular weight is 270 g/mol. The molecule has 0 aromatic carbocycles. The molecule has 20 heavy (non-hydrogen) atoms. The summed E-state index contributed by atoms with van der Waals surface area (Å²) in [6.07, 6.45) is 15.4. The van der Waals surface area contributed by atoms with Gasteiger partial charge in [-0.25, -0.2) is 0 Å². The van der Waals surface area contributed by atoms with Gasteiger partial charge in [0.1, 0.15) is 0 Å². The van der Waals surface area contributed by atoms with E-state index < -0.39 is 9.85 Å². The Balaban J connectivity index is 2.28. The van der Waals surface area contributed by atoms with Crippen LogP contribution in [0, 0.1) is 32.3 Å². The summed E-state index contributed by atoms with van der Waals surface area (Å²) in [6.45, 7) is 0. The summed E-state index contributed by atoms with van der Waals surface area (Å²) < 4.78 is 0. The van der Waals surface area contributed by atoms with Crippen molar-refractivity contribution in [2.24, 2.45) is 0 Å². The molecule has 2 aliphatic rings. The molecule has 0 bridgehead atoms. The fourth-order valence-electron chi connectivity index (χ4n) is 1.77. The maximum Gasteiger partial charge on any atom is 0.187 e. The summed E-state index contributed by atoms with van der Waals surface area (Å²) in [5, 5.41) is 21.7. The van der Waals surface area contributed by atoms with Gasteiger partial charge >= 0.3 is 0 Å². The third-order valence-electron chi connectivity index (χ3n) is 2.71.